The lowest BCUT2D eigenvalue weighted by Gasteiger charge is -2.22. The van der Waals surface area contributed by atoms with Crippen LogP contribution in [0.1, 0.15) is 5.56 Å². The lowest BCUT2D eigenvalue weighted by atomic mass is 10.1. The van der Waals surface area contributed by atoms with E-state index in [4.69, 9.17) is 0 Å². The highest BCUT2D eigenvalue weighted by Gasteiger charge is 2.22. The fraction of sp³-hybridized carbons (Fsp3) is 0.235. The molecule has 0 heterocycles. The number of carbonyl (C=O) groups excluding carboxylic acids is 1. The van der Waals surface area contributed by atoms with Gasteiger partial charge in [0.05, 0.1) is 11.9 Å². The van der Waals surface area contributed by atoms with Gasteiger partial charge in [-0.05, 0) is 30.2 Å². The second-order valence-corrected chi connectivity index (χ2v) is 7.47. The minimum absolute atomic E-state index is 0.0924. The van der Waals surface area contributed by atoms with Crippen molar-refractivity contribution >= 4 is 21.6 Å². The molecule has 0 atom stereocenters. The Hall–Kier alpha value is -2.55. The molecule has 0 unspecified atom stereocenters. The summed E-state index contributed by atoms with van der Waals surface area (Å²) in [5, 5.41) is 2.48. The summed E-state index contributed by atoms with van der Waals surface area (Å²) in [5.41, 5.74) is 0.240. The second-order valence-electron chi connectivity index (χ2n) is 5.56. The van der Waals surface area contributed by atoms with E-state index in [2.05, 4.69) is 5.32 Å². The van der Waals surface area contributed by atoms with Gasteiger partial charge in [0.25, 0.3) is 0 Å². The predicted octanol–water partition coefficient (Wildman–Crippen LogP) is 2.23. The Bertz CT molecular complexity index is 904. The summed E-state index contributed by atoms with van der Waals surface area (Å²) in [6.07, 6.45) is 1.07. The van der Waals surface area contributed by atoms with Crippen LogP contribution in [0.5, 0.6) is 0 Å². The van der Waals surface area contributed by atoms with Crippen LogP contribution < -0.4 is 9.62 Å². The van der Waals surface area contributed by atoms with Crippen LogP contribution in [-0.4, -0.2) is 33.7 Å². The Labute approximate surface area is 149 Å². The van der Waals surface area contributed by atoms with Gasteiger partial charge in [-0.25, -0.2) is 21.6 Å². The first-order valence-electron chi connectivity index (χ1n) is 7.61. The third-order valence-corrected chi connectivity index (χ3v) is 4.69. The Morgan fingerprint density at radius 3 is 2.35 bits per heavy atom. The number of anilines is 1. The molecule has 2 aromatic carbocycles. The molecule has 2 rings (SSSR count). The first-order chi connectivity index (χ1) is 12.2. The number of hydrogen-bond donors (Lipinski definition) is 1. The number of hydrogen-bond acceptors (Lipinski definition) is 3. The van der Waals surface area contributed by atoms with Gasteiger partial charge in [0.15, 0.2) is 11.6 Å². The maximum atomic E-state index is 13.5. The van der Waals surface area contributed by atoms with Gasteiger partial charge in [-0.15, -0.1) is 0 Å². The predicted molar refractivity (Wildman–Crippen MR) is 91.7 cm³/mol. The molecule has 0 fully saturated rings. The van der Waals surface area contributed by atoms with Crippen LogP contribution in [0.25, 0.3) is 0 Å². The van der Waals surface area contributed by atoms with Crippen molar-refractivity contribution in [2.24, 2.45) is 0 Å². The van der Waals surface area contributed by atoms with Gasteiger partial charge in [-0.1, -0.05) is 18.2 Å². The minimum atomic E-state index is -3.90. The quantitative estimate of drug-likeness (QED) is 0.794. The summed E-state index contributed by atoms with van der Waals surface area (Å²) in [7, 11) is -3.90. The summed E-state index contributed by atoms with van der Waals surface area (Å²) < 4.78 is 64.3. The zero-order valence-corrected chi connectivity index (χ0v) is 14.7. The Kier molecular flexibility index (Phi) is 6.25. The number of halogens is 3. The molecule has 0 aliphatic heterocycles. The molecule has 0 aliphatic rings. The maximum Gasteiger partial charge on any atom is 0.240 e. The smallest absolute Gasteiger partial charge is 0.240 e. The molecule has 0 saturated carbocycles. The molecule has 5 nitrogen and oxygen atoms in total. The average molecular weight is 386 g/mol. The summed E-state index contributed by atoms with van der Waals surface area (Å²) in [6.45, 7) is -0.518. The van der Waals surface area contributed by atoms with E-state index in [0.29, 0.717) is 15.9 Å². The summed E-state index contributed by atoms with van der Waals surface area (Å²) in [6, 6.07) is 8.61. The fourth-order valence-electron chi connectivity index (χ4n) is 2.26. The van der Waals surface area contributed by atoms with Gasteiger partial charge < -0.3 is 5.32 Å². The van der Waals surface area contributed by atoms with Crippen molar-refractivity contribution in [3.63, 3.8) is 0 Å². The van der Waals surface area contributed by atoms with Crippen LogP contribution in [0, 0.1) is 17.5 Å². The number of sulfonamides is 1. The fourth-order valence-corrected chi connectivity index (χ4v) is 3.11. The van der Waals surface area contributed by atoms with Crippen molar-refractivity contribution in [2.75, 3.05) is 23.7 Å². The molecule has 0 aromatic heterocycles. The van der Waals surface area contributed by atoms with E-state index >= 15 is 0 Å². The number of nitrogens with zero attached hydrogens (tertiary/aromatic N) is 1. The number of benzene rings is 2. The molecule has 0 bridgehead atoms. The first kappa shape index (κ1) is 19.8. The number of nitrogens with one attached hydrogen (secondary N) is 1. The van der Waals surface area contributed by atoms with E-state index in [-0.39, 0.29) is 18.7 Å². The maximum absolute atomic E-state index is 13.5. The van der Waals surface area contributed by atoms with Gasteiger partial charge in [0.1, 0.15) is 12.4 Å². The zero-order chi connectivity index (χ0) is 19.3. The van der Waals surface area contributed by atoms with Gasteiger partial charge in [-0.2, -0.15) is 0 Å². The van der Waals surface area contributed by atoms with Gasteiger partial charge in [0.2, 0.25) is 15.9 Å². The third-order valence-electron chi connectivity index (χ3n) is 3.55. The zero-order valence-electron chi connectivity index (χ0n) is 13.9. The van der Waals surface area contributed by atoms with Crippen LogP contribution >= 0.6 is 0 Å². The molecular weight excluding hydrogens is 369 g/mol. The van der Waals surface area contributed by atoms with E-state index in [1.54, 1.807) is 18.2 Å². The first-order valence-corrected chi connectivity index (χ1v) is 9.46. The average Bonchev–Trinajstić information content (AvgIpc) is 2.56. The molecule has 1 amide bonds. The molecule has 0 saturated heterocycles. The number of amides is 1. The van der Waals surface area contributed by atoms with Crippen LogP contribution in [0.15, 0.2) is 42.5 Å². The molecule has 26 heavy (non-hydrogen) atoms. The van der Waals surface area contributed by atoms with Crippen LogP contribution in [0.4, 0.5) is 18.9 Å². The summed E-state index contributed by atoms with van der Waals surface area (Å²) in [5.74, 6) is -3.41. The lowest BCUT2D eigenvalue weighted by Crippen LogP contribution is -2.41. The highest BCUT2D eigenvalue weighted by Crippen LogP contribution is 2.20. The largest absolute Gasteiger partial charge is 0.354 e. The molecule has 0 radical (unpaired) electrons. The van der Waals surface area contributed by atoms with E-state index in [0.717, 1.165) is 18.4 Å². The monoisotopic (exact) mass is 386 g/mol. The van der Waals surface area contributed by atoms with Crippen molar-refractivity contribution in [3.8, 4) is 0 Å². The SMILES string of the molecule is CS(=O)(=O)N(CC(=O)NCCc1ccccc1F)c1ccc(F)c(F)c1. The van der Waals surface area contributed by atoms with Gasteiger partial charge in [0, 0.05) is 12.6 Å². The minimum Gasteiger partial charge on any atom is -0.354 e. The van der Waals surface area contributed by atoms with E-state index in [9.17, 15) is 26.4 Å². The van der Waals surface area contributed by atoms with Crippen molar-refractivity contribution in [3.05, 3.63) is 65.5 Å². The normalized spacial score (nSPS) is 11.2. The number of carbonyl (C=O) groups is 1. The highest BCUT2D eigenvalue weighted by atomic mass is 32.2. The van der Waals surface area contributed by atoms with E-state index in [1.807, 2.05) is 0 Å². The molecule has 2 aromatic rings. The summed E-state index contributed by atoms with van der Waals surface area (Å²) in [4.78, 5) is 12.0. The van der Waals surface area contributed by atoms with Gasteiger partial charge >= 0.3 is 0 Å². The molecular formula is C17H17F3N2O3S. The van der Waals surface area contributed by atoms with Crippen LogP contribution in [-0.2, 0) is 21.2 Å². The Balaban J connectivity index is 2.03. The molecule has 1 N–H and O–H groups in total. The van der Waals surface area contributed by atoms with Crippen molar-refractivity contribution in [1.29, 1.82) is 0 Å². The third kappa shape index (κ3) is 5.22. The molecule has 0 aliphatic carbocycles. The Morgan fingerprint density at radius 1 is 1.04 bits per heavy atom. The van der Waals surface area contributed by atoms with Crippen LogP contribution in [0.3, 0.4) is 0 Å². The molecule has 9 heteroatoms. The Morgan fingerprint density at radius 2 is 1.73 bits per heavy atom. The van der Waals surface area contributed by atoms with Crippen molar-refractivity contribution in [2.45, 2.75) is 6.42 Å². The topological polar surface area (TPSA) is 66.5 Å². The van der Waals surface area contributed by atoms with Crippen molar-refractivity contribution in [1.82, 2.24) is 5.32 Å². The van der Waals surface area contributed by atoms with Crippen molar-refractivity contribution < 1.29 is 26.4 Å². The standard InChI is InChI=1S/C17H17F3N2O3S/c1-26(24,25)22(13-6-7-15(19)16(20)10-13)11-17(23)21-9-8-12-4-2-3-5-14(12)18/h2-7,10H,8-9,11H2,1H3,(H,21,23). The molecule has 0 spiro atoms. The van der Waals surface area contributed by atoms with E-state index in [1.165, 1.54) is 6.07 Å². The van der Waals surface area contributed by atoms with Crippen LogP contribution in [0.2, 0.25) is 0 Å². The van der Waals surface area contributed by atoms with E-state index < -0.39 is 39.9 Å². The molecule has 140 valence electrons. The van der Waals surface area contributed by atoms with Gasteiger partial charge in [-0.3, -0.25) is 9.10 Å². The number of rotatable bonds is 7. The summed E-state index contributed by atoms with van der Waals surface area (Å²) >= 11 is 0. The second kappa shape index (κ2) is 8.22. The highest BCUT2D eigenvalue weighted by molar-refractivity contribution is 7.92. The lowest BCUT2D eigenvalue weighted by molar-refractivity contribution is -0.119.